The lowest BCUT2D eigenvalue weighted by molar-refractivity contribution is -0.167. The maximum absolute atomic E-state index is 12.1. The Morgan fingerprint density at radius 1 is 1.28 bits per heavy atom. The van der Waals surface area contributed by atoms with E-state index in [1.165, 1.54) is 6.92 Å². The quantitative estimate of drug-likeness (QED) is 0.712. The van der Waals surface area contributed by atoms with Crippen molar-refractivity contribution >= 4 is 11.9 Å². The summed E-state index contributed by atoms with van der Waals surface area (Å²) >= 11 is 0. The first-order valence-electron chi connectivity index (χ1n) is 6.74. The van der Waals surface area contributed by atoms with Crippen molar-refractivity contribution in [3.05, 3.63) is 0 Å². The Morgan fingerprint density at radius 3 is 2.33 bits per heavy atom. The average Bonchev–Trinajstić information content (AvgIpc) is 2.25. The Bertz CT molecular complexity index is 319. The van der Waals surface area contributed by atoms with Gasteiger partial charge in [0.15, 0.2) is 0 Å². The first kappa shape index (κ1) is 15.0. The summed E-state index contributed by atoms with van der Waals surface area (Å²) in [5.74, 6) is 0.198. The number of hydrogen-bond donors (Lipinski definition) is 0. The molecule has 0 N–H and O–H groups in total. The summed E-state index contributed by atoms with van der Waals surface area (Å²) in [5.41, 5.74) is -0.499. The second-order valence-corrected chi connectivity index (χ2v) is 6.07. The van der Waals surface area contributed by atoms with Crippen LogP contribution in [-0.4, -0.2) is 35.0 Å². The molecule has 4 nitrogen and oxygen atoms in total. The number of piperidine rings is 1. The highest BCUT2D eigenvalue weighted by molar-refractivity contribution is 5.83. The molecule has 0 aliphatic carbocycles. The third-order valence-electron chi connectivity index (χ3n) is 3.34. The van der Waals surface area contributed by atoms with E-state index >= 15 is 0 Å². The Kier molecular flexibility index (Phi) is 4.77. The molecule has 1 aliphatic heterocycles. The lowest BCUT2D eigenvalue weighted by atomic mass is 9.90. The van der Waals surface area contributed by atoms with Crippen LogP contribution in [0, 0.1) is 5.92 Å². The van der Waals surface area contributed by atoms with Gasteiger partial charge in [-0.25, -0.2) is 4.79 Å². The zero-order valence-corrected chi connectivity index (χ0v) is 12.2. The highest BCUT2D eigenvalue weighted by atomic mass is 16.6. The van der Waals surface area contributed by atoms with Crippen LogP contribution in [0.15, 0.2) is 0 Å². The van der Waals surface area contributed by atoms with Crippen molar-refractivity contribution in [3.8, 4) is 0 Å². The maximum Gasteiger partial charge on any atom is 0.329 e. The third kappa shape index (κ3) is 4.00. The predicted molar refractivity (Wildman–Crippen MR) is 70.0 cm³/mol. The number of carbonyl (C=O) groups excluding carboxylic acids is 2. The second-order valence-electron chi connectivity index (χ2n) is 6.07. The van der Waals surface area contributed by atoms with Gasteiger partial charge in [-0.1, -0.05) is 13.3 Å². The van der Waals surface area contributed by atoms with E-state index in [0.717, 1.165) is 12.8 Å². The smallest absolute Gasteiger partial charge is 0.329 e. The SMILES string of the molecule is CC[C@H]1CC[C@@H](C(=O)OC(C)(C)C)N(C(C)=O)C1. The summed E-state index contributed by atoms with van der Waals surface area (Å²) in [7, 11) is 0. The Morgan fingerprint density at radius 2 is 1.89 bits per heavy atom. The minimum atomic E-state index is -0.499. The Hall–Kier alpha value is -1.06. The van der Waals surface area contributed by atoms with E-state index in [-0.39, 0.29) is 11.9 Å². The standard InChI is InChI=1S/C14H25NO3/c1-6-11-7-8-12(15(9-11)10(2)16)13(17)18-14(3,4)5/h11-12H,6-9H2,1-5H3/t11-,12-/m0/s1. The summed E-state index contributed by atoms with van der Waals surface area (Å²) < 4.78 is 5.39. The van der Waals surface area contributed by atoms with E-state index in [0.29, 0.717) is 18.9 Å². The molecule has 2 atom stereocenters. The fourth-order valence-corrected chi connectivity index (χ4v) is 2.34. The zero-order chi connectivity index (χ0) is 13.9. The van der Waals surface area contributed by atoms with Crippen LogP contribution in [0.1, 0.15) is 53.9 Å². The van der Waals surface area contributed by atoms with Gasteiger partial charge in [0.05, 0.1) is 0 Å². The zero-order valence-electron chi connectivity index (χ0n) is 12.2. The third-order valence-corrected chi connectivity index (χ3v) is 3.34. The molecule has 18 heavy (non-hydrogen) atoms. The summed E-state index contributed by atoms with van der Waals surface area (Å²) in [4.78, 5) is 25.4. The molecule has 0 saturated carbocycles. The van der Waals surface area contributed by atoms with Crippen molar-refractivity contribution in [2.45, 2.75) is 65.5 Å². The highest BCUT2D eigenvalue weighted by Crippen LogP contribution is 2.26. The fourth-order valence-electron chi connectivity index (χ4n) is 2.34. The van der Waals surface area contributed by atoms with Crippen molar-refractivity contribution in [2.24, 2.45) is 5.92 Å². The van der Waals surface area contributed by atoms with Crippen LogP contribution in [0.3, 0.4) is 0 Å². The van der Waals surface area contributed by atoms with Crippen LogP contribution >= 0.6 is 0 Å². The van der Waals surface area contributed by atoms with Crippen LogP contribution in [0.2, 0.25) is 0 Å². The van der Waals surface area contributed by atoms with Gasteiger partial charge in [0.2, 0.25) is 5.91 Å². The molecular weight excluding hydrogens is 230 g/mol. The molecule has 104 valence electrons. The number of ether oxygens (including phenoxy) is 1. The fraction of sp³-hybridized carbons (Fsp3) is 0.857. The Balaban J connectivity index is 2.74. The molecule has 1 saturated heterocycles. The number of carbonyl (C=O) groups is 2. The molecular formula is C14H25NO3. The van der Waals surface area contributed by atoms with Crippen LogP contribution in [0.5, 0.6) is 0 Å². The van der Waals surface area contributed by atoms with Gasteiger partial charge in [-0.15, -0.1) is 0 Å². The van der Waals surface area contributed by atoms with Crippen molar-refractivity contribution in [3.63, 3.8) is 0 Å². The number of nitrogens with zero attached hydrogens (tertiary/aromatic N) is 1. The predicted octanol–water partition coefficient (Wildman–Crippen LogP) is 2.37. The molecule has 0 bridgehead atoms. The van der Waals surface area contributed by atoms with Crippen molar-refractivity contribution in [2.75, 3.05) is 6.54 Å². The lowest BCUT2D eigenvalue weighted by Crippen LogP contribution is -2.51. The molecule has 0 radical (unpaired) electrons. The van der Waals surface area contributed by atoms with E-state index < -0.39 is 11.6 Å². The molecule has 1 amide bonds. The topological polar surface area (TPSA) is 46.6 Å². The van der Waals surface area contributed by atoms with Gasteiger partial charge >= 0.3 is 5.97 Å². The van der Waals surface area contributed by atoms with Crippen molar-refractivity contribution in [1.29, 1.82) is 0 Å². The number of rotatable bonds is 2. The van der Waals surface area contributed by atoms with Gasteiger partial charge in [-0.2, -0.15) is 0 Å². The molecule has 1 aliphatic rings. The van der Waals surface area contributed by atoms with Crippen LogP contribution < -0.4 is 0 Å². The van der Waals surface area contributed by atoms with Gasteiger partial charge in [0.25, 0.3) is 0 Å². The van der Waals surface area contributed by atoms with Gasteiger partial charge < -0.3 is 9.64 Å². The van der Waals surface area contributed by atoms with Crippen molar-refractivity contribution in [1.82, 2.24) is 4.90 Å². The van der Waals surface area contributed by atoms with Crippen LogP contribution in [-0.2, 0) is 14.3 Å². The van der Waals surface area contributed by atoms with Gasteiger partial charge in [0.1, 0.15) is 11.6 Å². The van der Waals surface area contributed by atoms with Gasteiger partial charge in [-0.05, 0) is 39.5 Å². The molecule has 1 rings (SSSR count). The number of esters is 1. The maximum atomic E-state index is 12.1. The molecule has 0 spiro atoms. The minimum absolute atomic E-state index is 0.0380. The van der Waals surface area contributed by atoms with Crippen LogP contribution in [0.4, 0.5) is 0 Å². The highest BCUT2D eigenvalue weighted by Gasteiger charge is 2.36. The molecule has 1 heterocycles. The van der Waals surface area contributed by atoms with E-state index in [4.69, 9.17) is 4.74 Å². The summed E-state index contributed by atoms with van der Waals surface area (Å²) in [6.45, 7) is 9.87. The first-order valence-corrected chi connectivity index (χ1v) is 6.74. The molecule has 0 aromatic rings. The Labute approximate surface area is 110 Å². The monoisotopic (exact) mass is 255 g/mol. The van der Waals surface area contributed by atoms with Gasteiger partial charge in [-0.3, -0.25) is 4.79 Å². The molecule has 0 aromatic heterocycles. The molecule has 0 aromatic carbocycles. The normalized spacial score (nSPS) is 24.8. The van der Waals surface area contributed by atoms with E-state index in [9.17, 15) is 9.59 Å². The minimum Gasteiger partial charge on any atom is -0.458 e. The molecule has 1 fully saturated rings. The first-order chi connectivity index (χ1) is 8.24. The lowest BCUT2D eigenvalue weighted by Gasteiger charge is -2.38. The summed E-state index contributed by atoms with van der Waals surface area (Å²) in [6.07, 6.45) is 2.75. The number of likely N-dealkylation sites (tertiary alicyclic amines) is 1. The van der Waals surface area contributed by atoms with E-state index in [1.807, 2.05) is 20.8 Å². The summed E-state index contributed by atoms with van der Waals surface area (Å²) in [5, 5.41) is 0. The van der Waals surface area contributed by atoms with E-state index in [1.54, 1.807) is 4.90 Å². The van der Waals surface area contributed by atoms with Gasteiger partial charge in [0, 0.05) is 13.5 Å². The molecule has 4 heteroatoms. The van der Waals surface area contributed by atoms with Crippen molar-refractivity contribution < 1.29 is 14.3 Å². The summed E-state index contributed by atoms with van der Waals surface area (Å²) in [6, 6.07) is -0.399. The molecule has 0 unspecified atom stereocenters. The largest absolute Gasteiger partial charge is 0.458 e. The number of amides is 1. The number of hydrogen-bond acceptors (Lipinski definition) is 3. The second kappa shape index (κ2) is 5.72. The van der Waals surface area contributed by atoms with E-state index in [2.05, 4.69) is 6.92 Å². The average molecular weight is 255 g/mol. The van der Waals surface area contributed by atoms with Crippen LogP contribution in [0.25, 0.3) is 0 Å².